The number of amides is 1. The Hall–Kier alpha value is -1.42. The van der Waals surface area contributed by atoms with E-state index in [4.69, 9.17) is 0 Å². The van der Waals surface area contributed by atoms with Crippen LogP contribution in [0.2, 0.25) is 0 Å². The lowest BCUT2D eigenvalue weighted by molar-refractivity contribution is -0.131. The highest BCUT2D eigenvalue weighted by Crippen LogP contribution is 2.42. The summed E-state index contributed by atoms with van der Waals surface area (Å²) < 4.78 is 13.1. The van der Waals surface area contributed by atoms with E-state index in [1.807, 2.05) is 12.1 Å². The van der Waals surface area contributed by atoms with E-state index < -0.39 is 0 Å². The summed E-state index contributed by atoms with van der Waals surface area (Å²) >= 11 is 0. The van der Waals surface area contributed by atoms with Crippen molar-refractivity contribution in [3.63, 3.8) is 0 Å². The average molecular weight is 469 g/mol. The Labute approximate surface area is 206 Å². The fourth-order valence-electron chi connectivity index (χ4n) is 7.96. The van der Waals surface area contributed by atoms with Crippen LogP contribution in [0, 0.1) is 35.4 Å². The lowest BCUT2D eigenvalue weighted by atomic mass is 9.69. The lowest BCUT2D eigenvalue weighted by Crippen LogP contribution is -2.47. The number of likely N-dealkylation sites (tertiary alicyclic amines) is 1. The maximum atomic E-state index is 13.8. The number of rotatable bonds is 8. The van der Waals surface area contributed by atoms with Gasteiger partial charge in [-0.3, -0.25) is 4.79 Å². The zero-order valence-electron chi connectivity index (χ0n) is 21.0. The first kappa shape index (κ1) is 24.3. The van der Waals surface area contributed by atoms with Crippen molar-refractivity contribution >= 4 is 5.91 Å². The van der Waals surface area contributed by atoms with Crippen molar-refractivity contribution in [3.05, 3.63) is 35.6 Å². The molecule has 0 unspecified atom stereocenters. The molecule has 1 heterocycles. The summed E-state index contributed by atoms with van der Waals surface area (Å²) in [6, 6.07) is 7.34. The number of aryl methyl sites for hydroxylation is 1. The molecule has 188 valence electrons. The van der Waals surface area contributed by atoms with E-state index in [2.05, 4.69) is 10.2 Å². The van der Waals surface area contributed by atoms with Crippen LogP contribution in [0.1, 0.15) is 89.0 Å². The van der Waals surface area contributed by atoms with E-state index >= 15 is 0 Å². The van der Waals surface area contributed by atoms with Gasteiger partial charge in [0.15, 0.2) is 0 Å². The quantitative estimate of drug-likeness (QED) is 0.481. The van der Waals surface area contributed by atoms with E-state index in [-0.39, 0.29) is 11.7 Å². The van der Waals surface area contributed by atoms with Gasteiger partial charge < -0.3 is 10.2 Å². The van der Waals surface area contributed by atoms with Gasteiger partial charge in [-0.25, -0.2) is 4.39 Å². The van der Waals surface area contributed by atoms with E-state index in [9.17, 15) is 9.18 Å². The number of halogens is 1. The highest BCUT2D eigenvalue weighted by Gasteiger charge is 2.44. The van der Waals surface area contributed by atoms with Crippen LogP contribution in [0.25, 0.3) is 0 Å². The Morgan fingerprint density at radius 3 is 2.18 bits per heavy atom. The SMILES string of the molecule is O=C(N[C@H]1CC[C@H]2CN(CCCc3ccc(F)cc3)C[C@H]21)C(C1CCCCC1)C1CCCCC1. The van der Waals surface area contributed by atoms with Crippen molar-refractivity contribution in [1.29, 1.82) is 0 Å². The molecule has 0 aromatic heterocycles. The van der Waals surface area contributed by atoms with Crippen LogP contribution in [-0.2, 0) is 11.2 Å². The fourth-order valence-corrected chi connectivity index (χ4v) is 7.96. The summed E-state index contributed by atoms with van der Waals surface area (Å²) in [6.45, 7) is 3.43. The Morgan fingerprint density at radius 2 is 1.53 bits per heavy atom. The molecular weight excluding hydrogens is 423 g/mol. The van der Waals surface area contributed by atoms with Crippen LogP contribution in [0.3, 0.4) is 0 Å². The smallest absolute Gasteiger partial charge is 0.223 e. The van der Waals surface area contributed by atoms with Gasteiger partial charge in [-0.2, -0.15) is 0 Å². The van der Waals surface area contributed by atoms with Crippen molar-refractivity contribution < 1.29 is 9.18 Å². The van der Waals surface area contributed by atoms with Gasteiger partial charge in [0.2, 0.25) is 5.91 Å². The monoisotopic (exact) mass is 468 g/mol. The summed E-state index contributed by atoms with van der Waals surface area (Å²) in [6.07, 6.45) is 17.7. The van der Waals surface area contributed by atoms with Gasteiger partial charge in [-0.1, -0.05) is 50.7 Å². The molecule has 34 heavy (non-hydrogen) atoms. The molecule has 3 saturated carbocycles. The maximum Gasteiger partial charge on any atom is 0.223 e. The number of hydrogen-bond donors (Lipinski definition) is 1. The first-order valence-electron chi connectivity index (χ1n) is 14.4. The molecule has 3 atom stereocenters. The first-order chi connectivity index (χ1) is 16.7. The van der Waals surface area contributed by atoms with Gasteiger partial charge in [-0.05, 0) is 99.3 Å². The zero-order chi connectivity index (χ0) is 23.3. The van der Waals surface area contributed by atoms with Crippen molar-refractivity contribution in [3.8, 4) is 0 Å². The molecule has 3 nitrogen and oxygen atoms in total. The number of fused-ring (bicyclic) bond motifs is 1. The number of nitrogens with zero attached hydrogens (tertiary/aromatic N) is 1. The predicted molar refractivity (Wildman–Crippen MR) is 136 cm³/mol. The van der Waals surface area contributed by atoms with E-state index in [0.717, 1.165) is 31.8 Å². The number of nitrogens with one attached hydrogen (secondary N) is 1. The molecular formula is C30H45FN2O. The normalized spacial score (nSPS) is 28.9. The third-order valence-corrected chi connectivity index (χ3v) is 9.73. The Bertz CT molecular complexity index is 765. The molecule has 0 radical (unpaired) electrons. The number of benzene rings is 1. The van der Waals surface area contributed by atoms with Crippen LogP contribution in [0.5, 0.6) is 0 Å². The molecule has 4 heteroatoms. The number of carbonyl (C=O) groups is 1. The molecule has 1 aromatic carbocycles. The number of carbonyl (C=O) groups excluding carboxylic acids is 1. The highest BCUT2D eigenvalue weighted by molar-refractivity contribution is 5.79. The minimum Gasteiger partial charge on any atom is -0.353 e. The highest BCUT2D eigenvalue weighted by atomic mass is 19.1. The average Bonchev–Trinajstić information content (AvgIpc) is 3.43. The molecule has 3 aliphatic carbocycles. The molecule has 1 aromatic rings. The topological polar surface area (TPSA) is 32.3 Å². The van der Waals surface area contributed by atoms with Gasteiger partial charge in [-0.15, -0.1) is 0 Å². The van der Waals surface area contributed by atoms with Crippen molar-refractivity contribution in [2.24, 2.45) is 29.6 Å². The minimum atomic E-state index is -0.154. The molecule has 4 aliphatic rings. The Morgan fingerprint density at radius 1 is 0.882 bits per heavy atom. The Balaban J connectivity index is 1.14. The summed E-state index contributed by atoms with van der Waals surface area (Å²) in [7, 11) is 0. The van der Waals surface area contributed by atoms with Gasteiger partial charge in [0.25, 0.3) is 0 Å². The number of hydrogen-bond acceptors (Lipinski definition) is 2. The van der Waals surface area contributed by atoms with Gasteiger partial charge >= 0.3 is 0 Å². The van der Waals surface area contributed by atoms with E-state index in [1.165, 1.54) is 89.2 Å². The summed E-state index contributed by atoms with van der Waals surface area (Å²) in [4.78, 5) is 16.4. The second-order valence-corrected chi connectivity index (χ2v) is 11.9. The summed E-state index contributed by atoms with van der Waals surface area (Å²) in [5.41, 5.74) is 1.22. The van der Waals surface area contributed by atoms with Crippen LogP contribution in [0.15, 0.2) is 24.3 Å². The predicted octanol–water partition coefficient (Wildman–Crippen LogP) is 6.36. The molecule has 0 bridgehead atoms. The zero-order valence-corrected chi connectivity index (χ0v) is 21.0. The largest absolute Gasteiger partial charge is 0.353 e. The third-order valence-electron chi connectivity index (χ3n) is 9.73. The minimum absolute atomic E-state index is 0.154. The third kappa shape index (κ3) is 5.86. The van der Waals surface area contributed by atoms with Crippen LogP contribution in [0.4, 0.5) is 4.39 Å². The molecule has 1 amide bonds. The van der Waals surface area contributed by atoms with Gasteiger partial charge in [0.05, 0.1) is 0 Å². The summed E-state index contributed by atoms with van der Waals surface area (Å²) in [5.74, 6) is 3.17. The van der Waals surface area contributed by atoms with E-state index in [1.54, 1.807) is 12.1 Å². The van der Waals surface area contributed by atoms with Crippen LogP contribution < -0.4 is 5.32 Å². The summed E-state index contributed by atoms with van der Waals surface area (Å²) in [5, 5.41) is 3.65. The molecule has 4 fully saturated rings. The van der Waals surface area contributed by atoms with Crippen molar-refractivity contribution in [2.45, 2.75) is 95.9 Å². The van der Waals surface area contributed by atoms with Gasteiger partial charge in [0, 0.05) is 25.0 Å². The Kier molecular flexibility index (Phi) is 8.24. The molecule has 0 spiro atoms. The molecule has 5 rings (SSSR count). The van der Waals surface area contributed by atoms with Gasteiger partial charge in [0.1, 0.15) is 5.82 Å². The lowest BCUT2D eigenvalue weighted by Gasteiger charge is -2.37. The molecule has 1 N–H and O–H groups in total. The van der Waals surface area contributed by atoms with E-state index in [0.29, 0.717) is 29.7 Å². The second kappa shape index (κ2) is 11.5. The fraction of sp³-hybridized carbons (Fsp3) is 0.767. The van der Waals surface area contributed by atoms with Crippen molar-refractivity contribution in [1.82, 2.24) is 10.2 Å². The molecule has 1 saturated heterocycles. The second-order valence-electron chi connectivity index (χ2n) is 11.9. The maximum absolute atomic E-state index is 13.8. The van der Waals surface area contributed by atoms with Crippen LogP contribution in [-0.4, -0.2) is 36.5 Å². The van der Waals surface area contributed by atoms with Crippen LogP contribution >= 0.6 is 0 Å². The van der Waals surface area contributed by atoms with Crippen molar-refractivity contribution in [2.75, 3.05) is 19.6 Å². The first-order valence-corrected chi connectivity index (χ1v) is 14.4. The standard InChI is InChI=1S/C30H45FN2O/c31-26-16-13-22(14-17-26)8-7-19-33-20-25-15-18-28(27(25)21-33)32-30(34)29(23-9-3-1-4-10-23)24-11-5-2-6-12-24/h13-14,16-17,23-25,27-29H,1-12,15,18-21H2,(H,32,34)/t25-,27+,28-/m0/s1. The molecule has 1 aliphatic heterocycles.